The largest absolute Gasteiger partial charge is 0.357 e. The zero-order valence-electron chi connectivity index (χ0n) is 18.0. The topological polar surface area (TPSA) is 56.7 Å². The van der Waals surface area contributed by atoms with Gasteiger partial charge in [0.05, 0.1) is 6.54 Å². The van der Waals surface area contributed by atoms with Crippen LogP contribution in [0.4, 0.5) is 0 Å². The number of aliphatic imine (C=N–C) groups is 1. The van der Waals surface area contributed by atoms with E-state index >= 15 is 0 Å². The molecule has 1 aliphatic heterocycles. The quantitative estimate of drug-likeness (QED) is 0.551. The number of aryl methyl sites for hydroxylation is 1. The van der Waals surface area contributed by atoms with Gasteiger partial charge in [0.2, 0.25) is 5.91 Å². The van der Waals surface area contributed by atoms with Gasteiger partial charge in [0.1, 0.15) is 0 Å². The van der Waals surface area contributed by atoms with Crippen LogP contribution in [0.3, 0.4) is 0 Å². The minimum absolute atomic E-state index is 0.215. The third kappa shape index (κ3) is 6.39. The molecule has 0 unspecified atom stereocenters. The molecule has 29 heavy (non-hydrogen) atoms. The van der Waals surface area contributed by atoms with E-state index in [1.807, 2.05) is 11.8 Å². The second-order valence-corrected chi connectivity index (χ2v) is 9.17. The Morgan fingerprint density at radius 2 is 1.79 bits per heavy atom. The first-order valence-electron chi connectivity index (χ1n) is 11.2. The Balaban J connectivity index is 1.51. The maximum Gasteiger partial charge on any atom is 0.225 e. The lowest BCUT2D eigenvalue weighted by atomic mass is 9.85. The van der Waals surface area contributed by atoms with Gasteiger partial charge in [-0.3, -0.25) is 4.79 Å². The maximum absolute atomic E-state index is 12.8. The van der Waals surface area contributed by atoms with Crippen molar-refractivity contribution in [3.05, 3.63) is 35.4 Å². The molecule has 1 aliphatic carbocycles. The first kappa shape index (κ1) is 22.0. The Bertz CT molecular complexity index is 679. The van der Waals surface area contributed by atoms with Crippen LogP contribution in [-0.2, 0) is 17.8 Å². The van der Waals surface area contributed by atoms with Gasteiger partial charge in [0.25, 0.3) is 0 Å². The molecule has 0 aromatic heterocycles. The van der Waals surface area contributed by atoms with Gasteiger partial charge in [0, 0.05) is 43.1 Å². The summed E-state index contributed by atoms with van der Waals surface area (Å²) in [5.74, 6) is 3.67. The van der Waals surface area contributed by atoms with Crippen molar-refractivity contribution in [2.75, 3.05) is 31.1 Å². The van der Waals surface area contributed by atoms with Crippen molar-refractivity contribution in [3.8, 4) is 0 Å². The van der Waals surface area contributed by atoms with Crippen LogP contribution in [0.1, 0.15) is 50.7 Å². The van der Waals surface area contributed by atoms with Gasteiger partial charge in [-0.1, -0.05) is 31.2 Å². The third-order valence-corrected chi connectivity index (χ3v) is 6.93. The van der Waals surface area contributed by atoms with E-state index in [0.29, 0.717) is 18.5 Å². The van der Waals surface area contributed by atoms with Crippen LogP contribution >= 0.6 is 11.8 Å². The van der Waals surface area contributed by atoms with E-state index in [1.54, 1.807) is 0 Å². The Labute approximate surface area is 180 Å². The van der Waals surface area contributed by atoms with Crippen molar-refractivity contribution < 1.29 is 4.79 Å². The number of thioether (sulfide) groups is 1. The lowest BCUT2D eigenvalue weighted by Gasteiger charge is -2.34. The van der Waals surface area contributed by atoms with Crippen LogP contribution < -0.4 is 10.6 Å². The highest BCUT2D eigenvalue weighted by Crippen LogP contribution is 2.27. The first-order chi connectivity index (χ1) is 14.2. The van der Waals surface area contributed by atoms with E-state index < -0.39 is 0 Å². The van der Waals surface area contributed by atoms with Crippen molar-refractivity contribution in [1.29, 1.82) is 0 Å². The molecule has 0 spiro atoms. The molecule has 1 aromatic rings. The predicted octanol–water partition coefficient (Wildman–Crippen LogP) is 3.44. The van der Waals surface area contributed by atoms with Crippen molar-refractivity contribution >= 4 is 23.6 Å². The Kier molecular flexibility index (Phi) is 8.71. The molecular formula is C23H36N4OS. The lowest BCUT2D eigenvalue weighted by Crippen LogP contribution is -2.47. The lowest BCUT2D eigenvalue weighted by molar-refractivity contribution is -0.136. The maximum atomic E-state index is 12.8. The summed E-state index contributed by atoms with van der Waals surface area (Å²) in [5, 5.41) is 7.00. The second-order valence-electron chi connectivity index (χ2n) is 7.95. The minimum Gasteiger partial charge on any atom is -0.357 e. The van der Waals surface area contributed by atoms with Gasteiger partial charge in [0.15, 0.2) is 5.96 Å². The second kappa shape index (κ2) is 11.5. The molecule has 1 amide bonds. The summed E-state index contributed by atoms with van der Waals surface area (Å²) in [4.78, 5) is 19.7. The van der Waals surface area contributed by atoms with Crippen LogP contribution in [0.5, 0.6) is 0 Å². The number of hydrogen-bond acceptors (Lipinski definition) is 3. The highest BCUT2D eigenvalue weighted by atomic mass is 32.2. The number of rotatable bonds is 6. The number of nitrogens with zero attached hydrogens (tertiary/aromatic N) is 2. The minimum atomic E-state index is 0.215. The number of benzene rings is 1. The smallest absolute Gasteiger partial charge is 0.225 e. The summed E-state index contributed by atoms with van der Waals surface area (Å²) >= 11 is 1.96. The molecule has 1 aromatic carbocycles. The Morgan fingerprint density at radius 1 is 1.10 bits per heavy atom. The van der Waals surface area contributed by atoms with Crippen LogP contribution in [0.15, 0.2) is 29.3 Å². The fourth-order valence-corrected chi connectivity index (χ4v) is 5.16. The number of carbonyl (C=O) groups is 1. The van der Waals surface area contributed by atoms with Crippen molar-refractivity contribution in [1.82, 2.24) is 15.5 Å². The summed E-state index contributed by atoms with van der Waals surface area (Å²) in [7, 11) is 0. The number of nitrogens with one attached hydrogen (secondary N) is 2. The molecule has 1 saturated carbocycles. The molecule has 1 heterocycles. The van der Waals surface area contributed by atoms with E-state index in [-0.39, 0.29) is 5.92 Å². The van der Waals surface area contributed by atoms with Crippen LogP contribution in [-0.4, -0.2) is 53.9 Å². The average Bonchev–Trinajstić information content (AvgIpc) is 2.78. The number of hydrogen-bond donors (Lipinski definition) is 2. The fraction of sp³-hybridized carbons (Fsp3) is 0.652. The molecule has 2 aliphatic rings. The zero-order chi connectivity index (χ0) is 20.5. The monoisotopic (exact) mass is 416 g/mol. The van der Waals surface area contributed by atoms with Gasteiger partial charge in [-0.15, -0.1) is 0 Å². The molecule has 160 valence electrons. The van der Waals surface area contributed by atoms with E-state index in [9.17, 15) is 4.79 Å². The van der Waals surface area contributed by atoms with Gasteiger partial charge < -0.3 is 15.5 Å². The summed E-state index contributed by atoms with van der Waals surface area (Å²) < 4.78 is 0. The molecular weight excluding hydrogens is 380 g/mol. The van der Waals surface area contributed by atoms with Crippen LogP contribution in [0.2, 0.25) is 0 Å². The molecule has 0 radical (unpaired) electrons. The summed E-state index contributed by atoms with van der Waals surface area (Å²) in [5.41, 5.74) is 2.66. The molecule has 2 N–H and O–H groups in total. The molecule has 6 heteroatoms. The number of amides is 1. The third-order valence-electron chi connectivity index (χ3n) is 5.99. The van der Waals surface area contributed by atoms with Crippen LogP contribution in [0.25, 0.3) is 0 Å². The predicted molar refractivity (Wildman–Crippen MR) is 123 cm³/mol. The Hall–Kier alpha value is -1.69. The number of carbonyl (C=O) groups excluding carboxylic acids is 1. The standard InChI is InChI=1S/C23H36N4OS/c1-3-18-7-5-6-8-20(18)17-25-23(24-4-2)26-21-11-9-19(10-12-21)22(28)27-13-15-29-16-14-27/h5-8,19,21H,3-4,9-17H2,1-2H3,(H2,24,25,26). The van der Waals surface area contributed by atoms with E-state index in [1.165, 1.54) is 11.1 Å². The molecule has 5 nitrogen and oxygen atoms in total. The summed E-state index contributed by atoms with van der Waals surface area (Å²) in [6.45, 7) is 7.69. The van der Waals surface area contributed by atoms with Crippen molar-refractivity contribution in [2.45, 2.75) is 58.5 Å². The van der Waals surface area contributed by atoms with Crippen LogP contribution in [0, 0.1) is 5.92 Å². The first-order valence-corrected chi connectivity index (χ1v) is 12.3. The summed E-state index contributed by atoms with van der Waals surface area (Å²) in [6.07, 6.45) is 5.07. The zero-order valence-corrected chi connectivity index (χ0v) is 18.8. The van der Waals surface area contributed by atoms with E-state index in [0.717, 1.165) is 69.2 Å². The van der Waals surface area contributed by atoms with E-state index in [2.05, 4.69) is 53.6 Å². The highest BCUT2D eigenvalue weighted by Gasteiger charge is 2.30. The summed E-state index contributed by atoms with van der Waals surface area (Å²) in [6, 6.07) is 8.93. The molecule has 0 atom stereocenters. The molecule has 1 saturated heterocycles. The van der Waals surface area contributed by atoms with Gasteiger partial charge >= 0.3 is 0 Å². The highest BCUT2D eigenvalue weighted by molar-refractivity contribution is 7.99. The molecule has 2 fully saturated rings. The normalized spacial score (nSPS) is 23.0. The van der Waals surface area contributed by atoms with Gasteiger partial charge in [-0.25, -0.2) is 4.99 Å². The SMILES string of the molecule is CCNC(=NCc1ccccc1CC)NC1CCC(C(=O)N2CCSCC2)CC1. The molecule has 3 rings (SSSR count). The Morgan fingerprint density at radius 3 is 2.45 bits per heavy atom. The van der Waals surface area contributed by atoms with Gasteiger partial charge in [-0.05, 0) is 50.2 Å². The van der Waals surface area contributed by atoms with Gasteiger partial charge in [-0.2, -0.15) is 11.8 Å². The molecule has 0 bridgehead atoms. The number of guanidine groups is 1. The fourth-order valence-electron chi connectivity index (χ4n) is 4.26. The average molecular weight is 417 g/mol. The van der Waals surface area contributed by atoms with Crippen molar-refractivity contribution in [3.63, 3.8) is 0 Å². The van der Waals surface area contributed by atoms with Crippen molar-refractivity contribution in [2.24, 2.45) is 10.9 Å². The van der Waals surface area contributed by atoms with E-state index in [4.69, 9.17) is 4.99 Å².